The number of H-pyrrole nitrogens is 1. The summed E-state index contributed by atoms with van der Waals surface area (Å²) >= 11 is 0. The molecule has 0 radical (unpaired) electrons. The summed E-state index contributed by atoms with van der Waals surface area (Å²) in [5, 5.41) is 1.14. The number of hydrogen-bond acceptors (Lipinski definition) is 2. The minimum absolute atomic E-state index is 0.00439. The summed E-state index contributed by atoms with van der Waals surface area (Å²) in [5.74, 6) is 0.0109. The molecule has 3 heterocycles. The number of carbonyl (C=O) groups excluding carboxylic acids is 2. The van der Waals surface area contributed by atoms with Gasteiger partial charge in [0.25, 0.3) is 0 Å². The maximum Gasteiger partial charge on any atom is 0.245 e. The minimum atomic E-state index is -0.446. The SMILES string of the molecule is CN1CC(=O)N2[C@H](c3ccccc3)c3[nH]c4ccccc4c3C[C@H]2C1=O. The second-order valence-corrected chi connectivity index (χ2v) is 7.09. The fraction of sp³-hybridized carbons (Fsp3) is 0.238. The predicted molar refractivity (Wildman–Crippen MR) is 98.6 cm³/mol. The highest BCUT2D eigenvalue weighted by Gasteiger charge is 2.47. The molecule has 1 fully saturated rings. The molecule has 2 aromatic carbocycles. The van der Waals surface area contributed by atoms with E-state index < -0.39 is 6.04 Å². The lowest BCUT2D eigenvalue weighted by Crippen LogP contribution is -2.62. The van der Waals surface area contributed by atoms with Gasteiger partial charge in [0.1, 0.15) is 6.04 Å². The average molecular weight is 345 g/mol. The summed E-state index contributed by atoms with van der Waals surface area (Å²) in [7, 11) is 1.71. The number of aromatic nitrogens is 1. The number of para-hydroxylation sites is 1. The van der Waals surface area contributed by atoms with Crippen LogP contribution in [0.1, 0.15) is 22.9 Å². The number of piperazine rings is 1. The zero-order chi connectivity index (χ0) is 17.8. The molecule has 130 valence electrons. The van der Waals surface area contributed by atoms with Gasteiger partial charge in [0.15, 0.2) is 0 Å². The molecule has 3 aromatic rings. The van der Waals surface area contributed by atoms with Gasteiger partial charge in [0.2, 0.25) is 11.8 Å². The summed E-state index contributed by atoms with van der Waals surface area (Å²) in [6.45, 7) is 0.133. The Labute approximate surface area is 151 Å². The van der Waals surface area contributed by atoms with Crippen LogP contribution in [0.3, 0.4) is 0 Å². The van der Waals surface area contributed by atoms with Crippen LogP contribution in [0, 0.1) is 0 Å². The van der Waals surface area contributed by atoms with E-state index in [1.165, 1.54) is 0 Å². The number of carbonyl (C=O) groups is 2. The van der Waals surface area contributed by atoms with Crippen LogP contribution in [0.25, 0.3) is 10.9 Å². The summed E-state index contributed by atoms with van der Waals surface area (Å²) in [5.41, 5.74) is 4.24. The molecule has 1 saturated heterocycles. The maximum atomic E-state index is 12.9. The van der Waals surface area contributed by atoms with Gasteiger partial charge in [-0.05, 0) is 17.2 Å². The van der Waals surface area contributed by atoms with Crippen LogP contribution in [0.4, 0.5) is 0 Å². The van der Waals surface area contributed by atoms with Crippen molar-refractivity contribution < 1.29 is 9.59 Å². The Morgan fingerprint density at radius 3 is 2.54 bits per heavy atom. The van der Waals surface area contributed by atoms with E-state index in [0.717, 1.165) is 27.7 Å². The number of nitrogens with one attached hydrogen (secondary N) is 1. The number of likely N-dealkylation sites (N-methyl/N-ethyl adjacent to an activating group) is 1. The molecule has 1 aromatic heterocycles. The Morgan fingerprint density at radius 1 is 1.00 bits per heavy atom. The van der Waals surface area contributed by atoms with Gasteiger partial charge in [-0.2, -0.15) is 0 Å². The van der Waals surface area contributed by atoms with E-state index in [1.54, 1.807) is 16.8 Å². The number of benzene rings is 2. The van der Waals surface area contributed by atoms with Crippen LogP contribution in [0.5, 0.6) is 0 Å². The van der Waals surface area contributed by atoms with E-state index >= 15 is 0 Å². The Bertz CT molecular complexity index is 1020. The van der Waals surface area contributed by atoms with Crippen molar-refractivity contribution in [3.8, 4) is 0 Å². The van der Waals surface area contributed by atoms with Gasteiger partial charge in [-0.1, -0.05) is 48.5 Å². The van der Waals surface area contributed by atoms with Crippen LogP contribution in [0.15, 0.2) is 54.6 Å². The van der Waals surface area contributed by atoms with Gasteiger partial charge in [0.05, 0.1) is 12.6 Å². The van der Waals surface area contributed by atoms with Crippen molar-refractivity contribution in [1.82, 2.24) is 14.8 Å². The first kappa shape index (κ1) is 15.2. The zero-order valence-electron chi connectivity index (χ0n) is 14.5. The molecule has 2 atom stereocenters. The number of rotatable bonds is 1. The first-order valence-corrected chi connectivity index (χ1v) is 8.85. The fourth-order valence-corrected chi connectivity index (χ4v) is 4.39. The van der Waals surface area contributed by atoms with Gasteiger partial charge < -0.3 is 14.8 Å². The molecular formula is C21H19N3O2. The molecule has 2 aliphatic heterocycles. The Balaban J connectivity index is 1.77. The predicted octanol–water partition coefficient (Wildman–Crippen LogP) is 2.48. The molecule has 0 bridgehead atoms. The van der Waals surface area contributed by atoms with Crippen LogP contribution >= 0.6 is 0 Å². The van der Waals surface area contributed by atoms with Gasteiger partial charge >= 0.3 is 0 Å². The van der Waals surface area contributed by atoms with Crippen molar-refractivity contribution >= 4 is 22.7 Å². The molecule has 2 amide bonds. The second-order valence-electron chi connectivity index (χ2n) is 7.09. The van der Waals surface area contributed by atoms with E-state index in [2.05, 4.69) is 11.1 Å². The van der Waals surface area contributed by atoms with Crippen LogP contribution < -0.4 is 0 Å². The third-order valence-corrected chi connectivity index (χ3v) is 5.57. The van der Waals surface area contributed by atoms with Crippen molar-refractivity contribution in [3.05, 3.63) is 71.4 Å². The van der Waals surface area contributed by atoms with Crippen LogP contribution in [-0.4, -0.2) is 46.2 Å². The Morgan fingerprint density at radius 2 is 1.73 bits per heavy atom. The number of hydrogen-bond donors (Lipinski definition) is 1. The topological polar surface area (TPSA) is 56.4 Å². The molecule has 2 aliphatic rings. The van der Waals surface area contributed by atoms with Gasteiger partial charge in [-0.3, -0.25) is 9.59 Å². The number of fused-ring (bicyclic) bond motifs is 4. The van der Waals surface area contributed by atoms with E-state index in [1.807, 2.05) is 48.5 Å². The van der Waals surface area contributed by atoms with Crippen molar-refractivity contribution in [3.63, 3.8) is 0 Å². The molecule has 0 unspecified atom stereocenters. The number of nitrogens with zero attached hydrogens (tertiary/aromatic N) is 2. The third-order valence-electron chi connectivity index (χ3n) is 5.57. The number of amides is 2. The lowest BCUT2D eigenvalue weighted by Gasteiger charge is -2.46. The first-order chi connectivity index (χ1) is 12.6. The standard InChI is InChI=1S/C21H19N3O2/c1-23-12-18(25)24-17(21(23)26)11-15-14-9-5-6-10-16(14)22-19(15)20(24)13-7-3-2-4-8-13/h2-10,17,20,22H,11-12H2,1H3/t17-,20+/m0/s1. The normalized spacial score (nSPS) is 22.5. The summed E-state index contributed by atoms with van der Waals surface area (Å²) in [4.78, 5) is 32.6. The Kier molecular flexibility index (Phi) is 3.19. The van der Waals surface area contributed by atoms with E-state index in [0.29, 0.717) is 6.42 Å². The van der Waals surface area contributed by atoms with Crippen molar-refractivity contribution in [2.75, 3.05) is 13.6 Å². The first-order valence-electron chi connectivity index (χ1n) is 8.85. The van der Waals surface area contributed by atoms with Gasteiger partial charge in [-0.15, -0.1) is 0 Å². The lowest BCUT2D eigenvalue weighted by atomic mass is 9.86. The second kappa shape index (κ2) is 5.46. The summed E-state index contributed by atoms with van der Waals surface area (Å²) in [6.07, 6.45) is 0.553. The summed E-state index contributed by atoms with van der Waals surface area (Å²) in [6, 6.07) is 17.4. The molecule has 26 heavy (non-hydrogen) atoms. The quantitative estimate of drug-likeness (QED) is 0.737. The summed E-state index contributed by atoms with van der Waals surface area (Å²) < 4.78 is 0. The lowest BCUT2D eigenvalue weighted by molar-refractivity contribution is -0.157. The third kappa shape index (κ3) is 2.03. The molecular weight excluding hydrogens is 326 g/mol. The molecule has 0 aliphatic carbocycles. The molecule has 1 N–H and O–H groups in total. The monoisotopic (exact) mass is 345 g/mol. The average Bonchev–Trinajstić information content (AvgIpc) is 3.03. The molecule has 5 heteroatoms. The molecule has 5 rings (SSSR count). The van der Waals surface area contributed by atoms with Crippen LogP contribution in [0.2, 0.25) is 0 Å². The van der Waals surface area contributed by atoms with Gasteiger partial charge in [-0.25, -0.2) is 0 Å². The van der Waals surface area contributed by atoms with Crippen molar-refractivity contribution in [2.45, 2.75) is 18.5 Å². The number of aromatic amines is 1. The van der Waals surface area contributed by atoms with Crippen molar-refractivity contribution in [1.29, 1.82) is 0 Å². The fourth-order valence-electron chi connectivity index (χ4n) is 4.39. The Hall–Kier alpha value is -3.08. The van der Waals surface area contributed by atoms with E-state index in [9.17, 15) is 9.59 Å². The highest BCUT2D eigenvalue weighted by Crippen LogP contribution is 2.42. The molecule has 0 spiro atoms. The molecule has 5 nitrogen and oxygen atoms in total. The molecule has 0 saturated carbocycles. The highest BCUT2D eigenvalue weighted by atomic mass is 16.2. The smallest absolute Gasteiger partial charge is 0.245 e. The highest BCUT2D eigenvalue weighted by molar-refractivity contribution is 5.97. The van der Waals surface area contributed by atoms with Gasteiger partial charge in [0, 0.05) is 30.1 Å². The van der Waals surface area contributed by atoms with E-state index in [-0.39, 0.29) is 24.4 Å². The largest absolute Gasteiger partial charge is 0.356 e. The van der Waals surface area contributed by atoms with Crippen molar-refractivity contribution in [2.24, 2.45) is 0 Å². The minimum Gasteiger partial charge on any atom is -0.356 e. The maximum absolute atomic E-state index is 12.9. The van der Waals surface area contributed by atoms with E-state index in [4.69, 9.17) is 0 Å². The zero-order valence-corrected chi connectivity index (χ0v) is 14.5. The van der Waals surface area contributed by atoms with Crippen LogP contribution in [-0.2, 0) is 16.0 Å².